The highest BCUT2D eigenvalue weighted by atomic mass is 16.5. The van der Waals surface area contributed by atoms with Crippen LogP contribution in [-0.2, 0) is 6.54 Å². The number of methoxy groups -OCH3 is 1. The number of nitrogens with zero attached hydrogens (tertiary/aromatic N) is 3. The summed E-state index contributed by atoms with van der Waals surface area (Å²) in [5.41, 5.74) is 6.57. The Bertz CT molecular complexity index is 345. The van der Waals surface area contributed by atoms with E-state index < -0.39 is 0 Å². The van der Waals surface area contributed by atoms with E-state index >= 15 is 0 Å². The maximum atomic E-state index is 5.67. The van der Waals surface area contributed by atoms with Crippen LogP contribution in [0.3, 0.4) is 0 Å². The van der Waals surface area contributed by atoms with Crippen molar-refractivity contribution in [2.45, 2.75) is 13.0 Å². The molecular weight excluding hydrogens is 204 g/mol. The molecule has 2 N–H and O–H groups in total. The molecule has 1 aliphatic heterocycles. The minimum absolute atomic E-state index is 0.624. The molecule has 1 aliphatic rings. The normalized spacial score (nSPS) is 21.2. The van der Waals surface area contributed by atoms with Crippen LogP contribution in [0.25, 0.3) is 0 Å². The Hall–Kier alpha value is -1.20. The first-order chi connectivity index (χ1) is 7.83. The average Bonchev–Trinajstić information content (AvgIpc) is 2.77. The SMILES string of the molecule is COc1nccnc1CN1CCC(CN)C1. The first kappa shape index (κ1) is 11.3. The Kier molecular flexibility index (Phi) is 3.69. The van der Waals surface area contributed by atoms with E-state index in [1.165, 1.54) is 6.42 Å². The average molecular weight is 222 g/mol. The Morgan fingerprint density at radius 2 is 2.31 bits per heavy atom. The van der Waals surface area contributed by atoms with Gasteiger partial charge in [-0.1, -0.05) is 0 Å². The van der Waals surface area contributed by atoms with E-state index in [4.69, 9.17) is 10.5 Å². The van der Waals surface area contributed by atoms with Crippen molar-refractivity contribution >= 4 is 0 Å². The molecule has 0 aromatic carbocycles. The standard InChI is InChI=1S/C11H18N4O/c1-16-11-10(13-3-4-14-11)8-15-5-2-9(6-12)7-15/h3-4,9H,2,5-8,12H2,1H3. The summed E-state index contributed by atoms with van der Waals surface area (Å²) in [4.78, 5) is 10.8. The lowest BCUT2D eigenvalue weighted by Crippen LogP contribution is -2.23. The lowest BCUT2D eigenvalue weighted by atomic mass is 10.1. The van der Waals surface area contributed by atoms with Crippen LogP contribution in [0.15, 0.2) is 12.4 Å². The maximum absolute atomic E-state index is 5.67. The highest BCUT2D eigenvalue weighted by molar-refractivity contribution is 5.17. The third-order valence-corrected chi connectivity index (χ3v) is 3.01. The van der Waals surface area contributed by atoms with Gasteiger partial charge in [0.15, 0.2) is 0 Å². The summed E-state index contributed by atoms with van der Waals surface area (Å²) in [6.45, 7) is 3.71. The lowest BCUT2D eigenvalue weighted by Gasteiger charge is -2.15. The van der Waals surface area contributed by atoms with Crippen molar-refractivity contribution in [1.29, 1.82) is 0 Å². The van der Waals surface area contributed by atoms with Gasteiger partial charge in [-0.15, -0.1) is 0 Å². The molecule has 2 rings (SSSR count). The van der Waals surface area contributed by atoms with E-state index in [1.807, 2.05) is 0 Å². The number of rotatable bonds is 4. The van der Waals surface area contributed by atoms with Gasteiger partial charge in [0.2, 0.25) is 5.88 Å². The summed E-state index contributed by atoms with van der Waals surface area (Å²) in [5.74, 6) is 1.25. The summed E-state index contributed by atoms with van der Waals surface area (Å²) in [6, 6.07) is 0. The molecule has 16 heavy (non-hydrogen) atoms. The minimum atomic E-state index is 0.624. The number of likely N-dealkylation sites (tertiary alicyclic amines) is 1. The minimum Gasteiger partial charge on any atom is -0.480 e. The predicted octanol–water partition coefficient (Wildman–Crippen LogP) is 0.266. The van der Waals surface area contributed by atoms with Crippen molar-refractivity contribution in [1.82, 2.24) is 14.9 Å². The summed E-state index contributed by atoms with van der Waals surface area (Å²) >= 11 is 0. The Balaban J connectivity index is 1.99. The van der Waals surface area contributed by atoms with E-state index in [9.17, 15) is 0 Å². The zero-order valence-electron chi connectivity index (χ0n) is 9.59. The van der Waals surface area contributed by atoms with Gasteiger partial charge in [0.05, 0.1) is 7.11 Å². The van der Waals surface area contributed by atoms with Gasteiger partial charge in [0.25, 0.3) is 0 Å². The molecule has 88 valence electrons. The van der Waals surface area contributed by atoms with Gasteiger partial charge in [-0.25, -0.2) is 4.98 Å². The zero-order valence-corrected chi connectivity index (χ0v) is 9.59. The van der Waals surface area contributed by atoms with Crippen molar-refractivity contribution in [3.05, 3.63) is 18.1 Å². The number of ether oxygens (including phenoxy) is 1. The molecule has 1 saturated heterocycles. The molecule has 2 heterocycles. The van der Waals surface area contributed by atoms with E-state index in [1.54, 1.807) is 19.5 Å². The molecule has 1 fully saturated rings. The van der Waals surface area contributed by atoms with Crippen molar-refractivity contribution in [2.75, 3.05) is 26.7 Å². The predicted molar refractivity (Wildman–Crippen MR) is 61.0 cm³/mol. The Morgan fingerprint density at radius 3 is 3.00 bits per heavy atom. The van der Waals surface area contributed by atoms with Gasteiger partial charge in [-0.2, -0.15) is 0 Å². The lowest BCUT2D eigenvalue weighted by molar-refractivity contribution is 0.301. The number of nitrogens with two attached hydrogens (primary N) is 1. The number of hydrogen-bond donors (Lipinski definition) is 1. The van der Waals surface area contributed by atoms with Crippen LogP contribution in [0.4, 0.5) is 0 Å². The molecule has 5 heteroatoms. The highest BCUT2D eigenvalue weighted by Crippen LogP contribution is 2.19. The van der Waals surface area contributed by atoms with Gasteiger partial charge in [-0.3, -0.25) is 9.88 Å². The van der Waals surface area contributed by atoms with Crippen molar-refractivity contribution in [3.63, 3.8) is 0 Å². The van der Waals surface area contributed by atoms with E-state index in [0.29, 0.717) is 11.8 Å². The summed E-state index contributed by atoms with van der Waals surface area (Å²) in [6.07, 6.45) is 4.53. The zero-order chi connectivity index (χ0) is 11.4. The van der Waals surface area contributed by atoms with Crippen LogP contribution in [0.1, 0.15) is 12.1 Å². The summed E-state index contributed by atoms with van der Waals surface area (Å²) in [7, 11) is 1.63. The third-order valence-electron chi connectivity index (χ3n) is 3.01. The van der Waals surface area contributed by atoms with Gasteiger partial charge in [0.1, 0.15) is 5.69 Å². The molecule has 0 aliphatic carbocycles. The molecule has 5 nitrogen and oxygen atoms in total. The third kappa shape index (κ3) is 2.48. The molecule has 1 aromatic rings. The van der Waals surface area contributed by atoms with Crippen LogP contribution in [0, 0.1) is 5.92 Å². The van der Waals surface area contributed by atoms with E-state index in [-0.39, 0.29) is 0 Å². The first-order valence-corrected chi connectivity index (χ1v) is 5.59. The van der Waals surface area contributed by atoms with Crippen molar-refractivity contribution < 1.29 is 4.74 Å². The Labute approximate surface area is 95.6 Å². The molecule has 0 bridgehead atoms. The van der Waals surface area contributed by atoms with Crippen LogP contribution in [0.5, 0.6) is 5.88 Å². The molecule has 0 saturated carbocycles. The summed E-state index contributed by atoms with van der Waals surface area (Å²) in [5, 5.41) is 0. The van der Waals surface area contributed by atoms with Crippen LogP contribution in [-0.4, -0.2) is 41.6 Å². The molecule has 1 aromatic heterocycles. The highest BCUT2D eigenvalue weighted by Gasteiger charge is 2.22. The first-order valence-electron chi connectivity index (χ1n) is 5.59. The van der Waals surface area contributed by atoms with Gasteiger partial charge in [0, 0.05) is 25.5 Å². The fourth-order valence-corrected chi connectivity index (χ4v) is 2.09. The summed E-state index contributed by atoms with van der Waals surface area (Å²) < 4.78 is 5.18. The fraction of sp³-hybridized carbons (Fsp3) is 0.636. The largest absolute Gasteiger partial charge is 0.480 e. The van der Waals surface area contributed by atoms with E-state index in [0.717, 1.165) is 31.9 Å². The maximum Gasteiger partial charge on any atom is 0.236 e. The van der Waals surface area contributed by atoms with Gasteiger partial charge in [-0.05, 0) is 25.4 Å². The fourth-order valence-electron chi connectivity index (χ4n) is 2.09. The molecule has 0 spiro atoms. The Morgan fingerprint density at radius 1 is 1.50 bits per heavy atom. The van der Waals surface area contributed by atoms with Crippen molar-refractivity contribution in [3.8, 4) is 5.88 Å². The van der Waals surface area contributed by atoms with Crippen LogP contribution in [0.2, 0.25) is 0 Å². The number of hydrogen-bond acceptors (Lipinski definition) is 5. The molecule has 1 atom stereocenters. The molecule has 0 radical (unpaired) electrons. The molecule has 1 unspecified atom stereocenters. The van der Waals surface area contributed by atoms with Gasteiger partial charge >= 0.3 is 0 Å². The second-order valence-electron chi connectivity index (χ2n) is 4.14. The second-order valence-corrected chi connectivity index (χ2v) is 4.14. The molecular formula is C11H18N4O. The van der Waals surface area contributed by atoms with Crippen LogP contribution >= 0.6 is 0 Å². The van der Waals surface area contributed by atoms with Gasteiger partial charge < -0.3 is 10.5 Å². The monoisotopic (exact) mass is 222 g/mol. The quantitative estimate of drug-likeness (QED) is 0.792. The van der Waals surface area contributed by atoms with Crippen molar-refractivity contribution in [2.24, 2.45) is 11.7 Å². The smallest absolute Gasteiger partial charge is 0.236 e. The second kappa shape index (κ2) is 5.23. The molecule has 0 amide bonds. The van der Waals surface area contributed by atoms with E-state index in [2.05, 4.69) is 14.9 Å². The topological polar surface area (TPSA) is 64.3 Å². The number of aromatic nitrogens is 2. The van der Waals surface area contributed by atoms with Crippen LogP contribution < -0.4 is 10.5 Å².